The molecule has 0 aliphatic carbocycles. The summed E-state index contributed by atoms with van der Waals surface area (Å²) in [5.41, 5.74) is 2.72. The summed E-state index contributed by atoms with van der Waals surface area (Å²) in [7, 11) is 0. The third-order valence-electron chi connectivity index (χ3n) is 2.19. The average molecular weight is 197 g/mol. The fourth-order valence-electron chi connectivity index (χ4n) is 1.40. The second-order valence-electron chi connectivity index (χ2n) is 3.23. The molecule has 0 aliphatic heterocycles. The van der Waals surface area contributed by atoms with Crippen LogP contribution in [0.1, 0.15) is 11.1 Å². The number of aromatic amines is 1. The maximum absolute atomic E-state index is 8.88. The van der Waals surface area contributed by atoms with Crippen molar-refractivity contribution in [1.29, 1.82) is 5.26 Å². The molecule has 2 aromatic rings. The Labute approximate surface area is 88.4 Å². The van der Waals surface area contributed by atoms with Crippen LogP contribution in [0.5, 0.6) is 0 Å². The normalized spacial score (nSPS) is 9.53. The van der Waals surface area contributed by atoms with Gasteiger partial charge in [0.15, 0.2) is 0 Å². The van der Waals surface area contributed by atoms with E-state index in [0.29, 0.717) is 5.56 Å². The molecule has 0 fully saturated rings. The van der Waals surface area contributed by atoms with Crippen LogP contribution in [0.2, 0.25) is 0 Å². The Morgan fingerprint density at radius 3 is 2.87 bits per heavy atom. The van der Waals surface area contributed by atoms with Gasteiger partial charge in [-0.1, -0.05) is 12.1 Å². The van der Waals surface area contributed by atoms with Crippen LogP contribution in [0, 0.1) is 11.3 Å². The Kier molecular flexibility index (Phi) is 2.70. The molecule has 0 saturated carbocycles. The molecule has 1 heterocycles. The zero-order valence-corrected chi connectivity index (χ0v) is 8.20. The minimum atomic E-state index is 0.674. The molecule has 1 aromatic heterocycles. The zero-order chi connectivity index (χ0) is 10.5. The Morgan fingerprint density at radius 2 is 2.13 bits per heavy atom. The van der Waals surface area contributed by atoms with Crippen molar-refractivity contribution in [2.24, 2.45) is 0 Å². The quantitative estimate of drug-likeness (QED) is 0.794. The van der Waals surface area contributed by atoms with E-state index in [2.05, 4.69) is 16.4 Å². The maximum Gasteiger partial charge on any atom is 0.101 e. The van der Waals surface area contributed by atoms with Crippen molar-refractivity contribution in [3.8, 4) is 6.07 Å². The number of nitrogens with one attached hydrogen (secondary N) is 2. The van der Waals surface area contributed by atoms with Crippen LogP contribution in [0.4, 0.5) is 5.69 Å². The minimum absolute atomic E-state index is 0.674. The Hall–Kier alpha value is -2.21. The molecule has 0 amide bonds. The number of rotatable bonds is 3. The summed E-state index contributed by atoms with van der Waals surface area (Å²) in [4.78, 5) is 2.99. The van der Waals surface area contributed by atoms with Crippen molar-refractivity contribution in [2.75, 3.05) is 5.32 Å². The van der Waals surface area contributed by atoms with E-state index in [9.17, 15) is 0 Å². The summed E-state index contributed by atoms with van der Waals surface area (Å²) >= 11 is 0. The Morgan fingerprint density at radius 1 is 1.27 bits per heavy atom. The van der Waals surface area contributed by atoms with Gasteiger partial charge in [-0.15, -0.1) is 0 Å². The SMILES string of the molecule is N#Cc1ccccc1NCc1cc[nH]c1. The highest BCUT2D eigenvalue weighted by Gasteiger charge is 1.99. The Bertz CT molecular complexity index is 466. The second-order valence-corrected chi connectivity index (χ2v) is 3.23. The lowest BCUT2D eigenvalue weighted by molar-refractivity contribution is 1.15. The van der Waals surface area contributed by atoms with Crippen LogP contribution in [-0.4, -0.2) is 4.98 Å². The van der Waals surface area contributed by atoms with E-state index >= 15 is 0 Å². The van der Waals surface area contributed by atoms with Crippen molar-refractivity contribution >= 4 is 5.69 Å². The van der Waals surface area contributed by atoms with Gasteiger partial charge in [-0.2, -0.15) is 5.26 Å². The van der Waals surface area contributed by atoms with Gasteiger partial charge in [-0.05, 0) is 23.8 Å². The van der Waals surface area contributed by atoms with E-state index in [1.54, 1.807) is 6.07 Å². The molecule has 0 atom stereocenters. The highest BCUT2D eigenvalue weighted by molar-refractivity contribution is 5.57. The molecule has 0 radical (unpaired) electrons. The fourth-order valence-corrected chi connectivity index (χ4v) is 1.40. The molecule has 0 spiro atoms. The van der Waals surface area contributed by atoms with Crippen LogP contribution >= 0.6 is 0 Å². The number of aromatic nitrogens is 1. The Balaban J connectivity index is 2.08. The number of H-pyrrole nitrogens is 1. The summed E-state index contributed by atoms with van der Waals surface area (Å²) in [5, 5.41) is 12.1. The van der Waals surface area contributed by atoms with E-state index < -0.39 is 0 Å². The number of para-hydroxylation sites is 1. The minimum Gasteiger partial charge on any atom is -0.380 e. The first kappa shape index (κ1) is 9.35. The molecule has 0 bridgehead atoms. The fraction of sp³-hybridized carbons (Fsp3) is 0.0833. The molecule has 15 heavy (non-hydrogen) atoms. The van der Waals surface area contributed by atoms with Gasteiger partial charge in [-0.25, -0.2) is 0 Å². The van der Waals surface area contributed by atoms with E-state index in [0.717, 1.165) is 12.2 Å². The van der Waals surface area contributed by atoms with Crippen LogP contribution in [0.3, 0.4) is 0 Å². The molecule has 3 nitrogen and oxygen atoms in total. The number of benzene rings is 1. The zero-order valence-electron chi connectivity index (χ0n) is 8.20. The van der Waals surface area contributed by atoms with E-state index in [-0.39, 0.29) is 0 Å². The van der Waals surface area contributed by atoms with E-state index in [1.165, 1.54) is 5.56 Å². The first-order chi connectivity index (χ1) is 7.40. The topological polar surface area (TPSA) is 51.6 Å². The van der Waals surface area contributed by atoms with Crippen molar-refractivity contribution in [3.63, 3.8) is 0 Å². The molecule has 2 N–H and O–H groups in total. The third-order valence-corrected chi connectivity index (χ3v) is 2.19. The van der Waals surface area contributed by atoms with Gasteiger partial charge in [0, 0.05) is 18.9 Å². The predicted octanol–water partition coefficient (Wildman–Crippen LogP) is 2.50. The highest BCUT2D eigenvalue weighted by atomic mass is 14.9. The van der Waals surface area contributed by atoms with Crippen molar-refractivity contribution in [1.82, 2.24) is 4.98 Å². The van der Waals surface area contributed by atoms with Crippen molar-refractivity contribution in [2.45, 2.75) is 6.54 Å². The third kappa shape index (κ3) is 2.18. The lowest BCUT2D eigenvalue weighted by Crippen LogP contribution is -1.99. The standard InChI is InChI=1S/C12H11N3/c13-7-11-3-1-2-4-12(11)15-9-10-5-6-14-8-10/h1-6,8,14-15H,9H2. The lowest BCUT2D eigenvalue weighted by atomic mass is 10.2. The van der Waals surface area contributed by atoms with Crippen LogP contribution in [-0.2, 0) is 6.54 Å². The molecular formula is C12H11N3. The van der Waals surface area contributed by atoms with Crippen LogP contribution in [0.15, 0.2) is 42.7 Å². The van der Waals surface area contributed by atoms with E-state index in [1.807, 2.05) is 36.7 Å². The second kappa shape index (κ2) is 4.34. The lowest BCUT2D eigenvalue weighted by Gasteiger charge is -2.06. The summed E-state index contributed by atoms with van der Waals surface area (Å²) < 4.78 is 0. The number of nitrogens with zero attached hydrogens (tertiary/aromatic N) is 1. The van der Waals surface area contributed by atoms with Gasteiger partial charge in [0.1, 0.15) is 6.07 Å². The number of hydrogen-bond donors (Lipinski definition) is 2. The van der Waals surface area contributed by atoms with Gasteiger partial charge in [-0.3, -0.25) is 0 Å². The summed E-state index contributed by atoms with van der Waals surface area (Å²) in [5.74, 6) is 0. The molecule has 74 valence electrons. The van der Waals surface area contributed by atoms with Crippen LogP contribution in [0.25, 0.3) is 0 Å². The van der Waals surface area contributed by atoms with Gasteiger partial charge in [0.2, 0.25) is 0 Å². The van der Waals surface area contributed by atoms with Gasteiger partial charge < -0.3 is 10.3 Å². The first-order valence-electron chi connectivity index (χ1n) is 4.75. The average Bonchev–Trinajstić information content (AvgIpc) is 2.79. The predicted molar refractivity (Wildman–Crippen MR) is 59.3 cm³/mol. The number of anilines is 1. The van der Waals surface area contributed by atoms with Gasteiger partial charge >= 0.3 is 0 Å². The summed E-state index contributed by atoms with van der Waals surface area (Å²) in [6, 6.07) is 11.6. The maximum atomic E-state index is 8.88. The van der Waals surface area contributed by atoms with E-state index in [4.69, 9.17) is 5.26 Å². The number of hydrogen-bond acceptors (Lipinski definition) is 2. The van der Waals surface area contributed by atoms with Gasteiger partial charge in [0.25, 0.3) is 0 Å². The molecule has 3 heteroatoms. The molecule has 0 aliphatic rings. The monoisotopic (exact) mass is 197 g/mol. The summed E-state index contributed by atoms with van der Waals surface area (Å²) in [6.45, 7) is 0.724. The summed E-state index contributed by atoms with van der Waals surface area (Å²) in [6.07, 6.45) is 3.81. The smallest absolute Gasteiger partial charge is 0.101 e. The molecule has 2 rings (SSSR count). The van der Waals surface area contributed by atoms with Gasteiger partial charge in [0.05, 0.1) is 11.3 Å². The van der Waals surface area contributed by atoms with Crippen LogP contribution < -0.4 is 5.32 Å². The largest absolute Gasteiger partial charge is 0.380 e. The molecule has 1 aromatic carbocycles. The number of nitriles is 1. The van der Waals surface area contributed by atoms with Crippen molar-refractivity contribution in [3.05, 3.63) is 53.9 Å². The van der Waals surface area contributed by atoms with Crippen molar-refractivity contribution < 1.29 is 0 Å². The molecule has 0 saturated heterocycles. The first-order valence-corrected chi connectivity index (χ1v) is 4.75. The molecular weight excluding hydrogens is 186 g/mol. The highest BCUT2D eigenvalue weighted by Crippen LogP contribution is 2.14. The molecule has 0 unspecified atom stereocenters.